The van der Waals surface area contributed by atoms with Crippen LogP contribution in [0.2, 0.25) is 0 Å². The third kappa shape index (κ3) is 2.76. The fraction of sp³-hybridized carbons (Fsp3) is 0.429. The molecule has 8 heteroatoms. The zero-order chi connectivity index (χ0) is 15.7. The smallest absolute Gasteiger partial charge is 0.414 e. The van der Waals surface area contributed by atoms with E-state index in [4.69, 9.17) is 20.9 Å². The van der Waals surface area contributed by atoms with Crippen molar-refractivity contribution in [2.24, 2.45) is 11.5 Å². The second kappa shape index (κ2) is 5.91. The standard InChI is InChI=1S/C14H18N4O4/c15-13(16)11-7-18(14(20)22-11)10-3-1-9(2-4-10)17-5-6-21-8-12(17)19/h1-4,11,13H,5-8,15-16H2/t11-/m0/s1. The Kier molecular flexibility index (Phi) is 3.97. The van der Waals surface area contributed by atoms with Crippen LogP contribution >= 0.6 is 0 Å². The zero-order valence-electron chi connectivity index (χ0n) is 12.0. The van der Waals surface area contributed by atoms with Gasteiger partial charge in [0, 0.05) is 17.9 Å². The van der Waals surface area contributed by atoms with Crippen LogP contribution in [0.3, 0.4) is 0 Å². The van der Waals surface area contributed by atoms with Crippen molar-refractivity contribution in [1.29, 1.82) is 0 Å². The summed E-state index contributed by atoms with van der Waals surface area (Å²) in [5, 5.41) is 0. The summed E-state index contributed by atoms with van der Waals surface area (Å²) in [5.41, 5.74) is 12.6. The molecule has 1 aromatic carbocycles. The van der Waals surface area contributed by atoms with Gasteiger partial charge in [-0.05, 0) is 24.3 Å². The number of anilines is 2. The molecule has 3 rings (SSSR count). The van der Waals surface area contributed by atoms with E-state index in [0.29, 0.717) is 25.4 Å². The number of carbonyl (C=O) groups is 2. The highest BCUT2D eigenvalue weighted by Gasteiger charge is 2.34. The molecule has 1 atom stereocenters. The van der Waals surface area contributed by atoms with Crippen molar-refractivity contribution < 1.29 is 19.1 Å². The lowest BCUT2D eigenvalue weighted by molar-refractivity contribution is -0.125. The van der Waals surface area contributed by atoms with E-state index in [-0.39, 0.29) is 12.5 Å². The minimum Gasteiger partial charge on any atom is -0.441 e. The number of rotatable bonds is 3. The van der Waals surface area contributed by atoms with Gasteiger partial charge in [-0.1, -0.05) is 0 Å². The third-order valence-corrected chi connectivity index (χ3v) is 3.72. The Morgan fingerprint density at radius 3 is 2.27 bits per heavy atom. The lowest BCUT2D eigenvalue weighted by Gasteiger charge is -2.27. The summed E-state index contributed by atoms with van der Waals surface area (Å²) in [4.78, 5) is 26.8. The first-order valence-corrected chi connectivity index (χ1v) is 7.04. The summed E-state index contributed by atoms with van der Waals surface area (Å²) in [5.74, 6) is -0.0752. The lowest BCUT2D eigenvalue weighted by Crippen LogP contribution is -2.44. The predicted octanol–water partition coefficient (Wildman–Crippen LogP) is -0.382. The average molecular weight is 306 g/mol. The van der Waals surface area contributed by atoms with Crippen LogP contribution in [0.1, 0.15) is 0 Å². The number of hydrogen-bond acceptors (Lipinski definition) is 6. The first kappa shape index (κ1) is 14.8. The van der Waals surface area contributed by atoms with Gasteiger partial charge in [-0.25, -0.2) is 4.79 Å². The van der Waals surface area contributed by atoms with Crippen molar-refractivity contribution >= 4 is 23.4 Å². The van der Waals surface area contributed by atoms with Gasteiger partial charge >= 0.3 is 6.09 Å². The van der Waals surface area contributed by atoms with Crippen LogP contribution < -0.4 is 21.3 Å². The molecule has 0 spiro atoms. The average Bonchev–Trinajstić information content (AvgIpc) is 2.90. The van der Waals surface area contributed by atoms with Crippen molar-refractivity contribution in [2.45, 2.75) is 12.3 Å². The Labute approximate surface area is 127 Å². The van der Waals surface area contributed by atoms with Crippen LogP contribution in [-0.2, 0) is 14.3 Å². The maximum Gasteiger partial charge on any atom is 0.414 e. The Bertz CT molecular complexity index is 575. The van der Waals surface area contributed by atoms with Crippen LogP contribution in [0.5, 0.6) is 0 Å². The number of ether oxygens (including phenoxy) is 2. The van der Waals surface area contributed by atoms with E-state index >= 15 is 0 Å². The maximum atomic E-state index is 11.8. The second-order valence-electron chi connectivity index (χ2n) is 5.22. The molecular weight excluding hydrogens is 288 g/mol. The van der Waals surface area contributed by atoms with Crippen LogP contribution in [0.4, 0.5) is 16.2 Å². The molecule has 2 aliphatic heterocycles. The van der Waals surface area contributed by atoms with Gasteiger partial charge < -0.3 is 25.8 Å². The van der Waals surface area contributed by atoms with E-state index in [0.717, 1.165) is 5.69 Å². The van der Waals surface area contributed by atoms with Gasteiger partial charge in [0.05, 0.1) is 19.3 Å². The molecule has 0 radical (unpaired) electrons. The number of hydrogen-bond donors (Lipinski definition) is 2. The quantitative estimate of drug-likeness (QED) is 0.736. The van der Waals surface area contributed by atoms with E-state index in [2.05, 4.69) is 0 Å². The third-order valence-electron chi connectivity index (χ3n) is 3.72. The number of benzene rings is 1. The maximum absolute atomic E-state index is 11.8. The number of carbonyl (C=O) groups excluding carboxylic acids is 2. The molecule has 0 bridgehead atoms. The number of morpholine rings is 1. The Hall–Kier alpha value is -2.16. The topological polar surface area (TPSA) is 111 Å². The van der Waals surface area contributed by atoms with Crippen LogP contribution in [0.25, 0.3) is 0 Å². The minimum atomic E-state index is -0.709. The van der Waals surface area contributed by atoms with E-state index in [1.807, 2.05) is 0 Å². The normalized spacial score (nSPS) is 22.4. The van der Waals surface area contributed by atoms with Gasteiger partial charge in [0.2, 0.25) is 0 Å². The monoisotopic (exact) mass is 306 g/mol. The van der Waals surface area contributed by atoms with Gasteiger partial charge in [0.15, 0.2) is 0 Å². The molecule has 4 N–H and O–H groups in total. The molecular formula is C14H18N4O4. The van der Waals surface area contributed by atoms with Crippen molar-refractivity contribution in [1.82, 2.24) is 0 Å². The molecule has 2 heterocycles. The Morgan fingerprint density at radius 1 is 1.09 bits per heavy atom. The van der Waals surface area contributed by atoms with Crippen molar-refractivity contribution in [3.8, 4) is 0 Å². The summed E-state index contributed by atoms with van der Waals surface area (Å²) in [7, 11) is 0. The van der Waals surface area contributed by atoms with E-state index in [1.54, 1.807) is 29.2 Å². The Morgan fingerprint density at radius 2 is 1.73 bits per heavy atom. The van der Waals surface area contributed by atoms with Crippen molar-refractivity contribution in [3.63, 3.8) is 0 Å². The number of nitrogens with zero attached hydrogens (tertiary/aromatic N) is 2. The molecule has 0 unspecified atom stereocenters. The molecule has 2 fully saturated rings. The minimum absolute atomic E-state index is 0.0752. The summed E-state index contributed by atoms with van der Waals surface area (Å²) >= 11 is 0. The first-order valence-electron chi connectivity index (χ1n) is 7.04. The molecule has 118 valence electrons. The molecule has 22 heavy (non-hydrogen) atoms. The van der Waals surface area contributed by atoms with Crippen molar-refractivity contribution in [2.75, 3.05) is 36.1 Å². The van der Waals surface area contributed by atoms with Gasteiger partial charge in [-0.3, -0.25) is 9.69 Å². The molecule has 8 nitrogen and oxygen atoms in total. The molecule has 1 aromatic rings. The van der Waals surface area contributed by atoms with Gasteiger partial charge in [-0.2, -0.15) is 0 Å². The zero-order valence-corrected chi connectivity index (χ0v) is 12.0. The number of nitrogens with two attached hydrogens (primary N) is 2. The summed E-state index contributed by atoms with van der Waals surface area (Å²) in [6.07, 6.45) is -1.70. The van der Waals surface area contributed by atoms with Gasteiger partial charge in [-0.15, -0.1) is 0 Å². The first-order chi connectivity index (χ1) is 10.6. The largest absolute Gasteiger partial charge is 0.441 e. The molecule has 0 aliphatic carbocycles. The fourth-order valence-corrected chi connectivity index (χ4v) is 2.50. The number of amides is 2. The fourth-order valence-electron chi connectivity index (χ4n) is 2.50. The van der Waals surface area contributed by atoms with E-state index < -0.39 is 18.4 Å². The van der Waals surface area contributed by atoms with Crippen LogP contribution in [0, 0.1) is 0 Å². The highest BCUT2D eigenvalue weighted by molar-refractivity contribution is 5.95. The second-order valence-corrected chi connectivity index (χ2v) is 5.22. The van der Waals surface area contributed by atoms with Gasteiger partial charge in [0.25, 0.3) is 5.91 Å². The van der Waals surface area contributed by atoms with Crippen molar-refractivity contribution in [3.05, 3.63) is 24.3 Å². The molecule has 0 aromatic heterocycles. The van der Waals surface area contributed by atoms with E-state index in [1.165, 1.54) is 4.90 Å². The lowest BCUT2D eigenvalue weighted by atomic mass is 10.2. The summed E-state index contributed by atoms with van der Waals surface area (Å²) in [6.45, 7) is 1.44. The van der Waals surface area contributed by atoms with Crippen LogP contribution in [0.15, 0.2) is 24.3 Å². The molecule has 2 aliphatic rings. The SMILES string of the molecule is NC(N)[C@@H]1CN(c2ccc(N3CCOCC3=O)cc2)C(=O)O1. The molecule has 0 saturated carbocycles. The summed E-state index contributed by atoms with van der Waals surface area (Å²) in [6, 6.07) is 7.12. The molecule has 2 saturated heterocycles. The highest BCUT2D eigenvalue weighted by Crippen LogP contribution is 2.25. The van der Waals surface area contributed by atoms with E-state index in [9.17, 15) is 9.59 Å². The van der Waals surface area contributed by atoms with Gasteiger partial charge in [0.1, 0.15) is 12.7 Å². The number of cyclic esters (lactones) is 1. The summed E-state index contributed by atoms with van der Waals surface area (Å²) < 4.78 is 10.2. The Balaban J connectivity index is 1.74. The molecule has 2 amide bonds. The highest BCUT2D eigenvalue weighted by atomic mass is 16.6. The van der Waals surface area contributed by atoms with Crippen LogP contribution in [-0.4, -0.2) is 50.6 Å². The predicted molar refractivity (Wildman–Crippen MR) is 79.4 cm³/mol.